The van der Waals surface area contributed by atoms with E-state index in [-0.39, 0.29) is 10.9 Å². The van der Waals surface area contributed by atoms with Gasteiger partial charge in [0.25, 0.3) is 5.78 Å². The van der Waals surface area contributed by atoms with Crippen LogP contribution in [0.5, 0.6) is 0 Å². The van der Waals surface area contributed by atoms with Gasteiger partial charge < -0.3 is 0 Å². The molecule has 0 aliphatic carbocycles. The zero-order chi connectivity index (χ0) is 11.8. The molecule has 0 fully saturated rings. The first-order valence-corrected chi connectivity index (χ1v) is 4.45. The predicted molar refractivity (Wildman–Crippen MR) is 52.1 cm³/mol. The maximum atomic E-state index is 12.3. The Balaban J connectivity index is 2.66. The summed E-state index contributed by atoms with van der Waals surface area (Å²) < 4.78 is 36.9. The van der Waals surface area contributed by atoms with Gasteiger partial charge in [-0.3, -0.25) is 9.78 Å². The summed E-state index contributed by atoms with van der Waals surface area (Å²) in [5.41, 5.74) is 0.00991. The van der Waals surface area contributed by atoms with Gasteiger partial charge in [0, 0.05) is 17.1 Å². The molecule has 5 heteroatoms. The molecule has 0 atom stereocenters. The molecule has 0 aliphatic heterocycles. The van der Waals surface area contributed by atoms with Gasteiger partial charge >= 0.3 is 6.18 Å². The number of fused-ring (bicyclic) bond motifs is 1. The Morgan fingerprint density at radius 3 is 2.50 bits per heavy atom. The minimum absolute atomic E-state index is 0.215. The summed E-state index contributed by atoms with van der Waals surface area (Å²) in [6, 6.07) is 7.30. The summed E-state index contributed by atoms with van der Waals surface area (Å²) in [4.78, 5) is 15.0. The van der Waals surface area contributed by atoms with E-state index in [4.69, 9.17) is 0 Å². The van der Waals surface area contributed by atoms with E-state index in [1.54, 1.807) is 18.2 Å². The third kappa shape index (κ3) is 1.76. The fourth-order valence-electron chi connectivity index (χ4n) is 1.45. The normalized spacial score (nSPS) is 11.7. The number of rotatable bonds is 1. The van der Waals surface area contributed by atoms with Gasteiger partial charge in [-0.15, -0.1) is 0 Å². The van der Waals surface area contributed by atoms with E-state index < -0.39 is 12.0 Å². The van der Waals surface area contributed by atoms with Gasteiger partial charge in [0.15, 0.2) is 0 Å². The van der Waals surface area contributed by atoms with Crippen LogP contribution in [-0.4, -0.2) is 16.9 Å². The quantitative estimate of drug-likeness (QED) is 0.698. The van der Waals surface area contributed by atoms with Crippen molar-refractivity contribution >= 4 is 16.7 Å². The summed E-state index contributed by atoms with van der Waals surface area (Å²) >= 11 is 0. The molecule has 82 valence electrons. The molecule has 0 amide bonds. The van der Waals surface area contributed by atoms with E-state index in [0.29, 0.717) is 5.52 Å². The second-order valence-corrected chi connectivity index (χ2v) is 3.20. The SMILES string of the molecule is O=C(c1ccnc2ccccc12)C(F)(F)F. The minimum atomic E-state index is -4.86. The number of ketones is 1. The van der Waals surface area contributed by atoms with E-state index in [9.17, 15) is 18.0 Å². The molecular formula is C11H6F3NO. The topological polar surface area (TPSA) is 30.0 Å². The molecule has 0 radical (unpaired) electrons. The highest BCUT2D eigenvalue weighted by molar-refractivity contribution is 6.09. The molecule has 2 aromatic rings. The van der Waals surface area contributed by atoms with E-state index in [2.05, 4.69) is 4.98 Å². The standard InChI is InChI=1S/C11H6F3NO/c12-11(13,14)10(16)8-5-6-15-9-4-2-1-3-7(8)9/h1-6H. The lowest BCUT2D eigenvalue weighted by Crippen LogP contribution is -2.23. The van der Waals surface area contributed by atoms with Gasteiger partial charge in [-0.25, -0.2) is 0 Å². The maximum Gasteiger partial charge on any atom is 0.454 e. The Morgan fingerprint density at radius 2 is 1.81 bits per heavy atom. The number of nitrogens with zero attached hydrogens (tertiary/aromatic N) is 1. The number of Topliss-reactive ketones (excluding diaryl/α,β-unsaturated/α-hetero) is 1. The minimum Gasteiger partial charge on any atom is -0.284 e. The first kappa shape index (κ1) is 10.6. The van der Waals surface area contributed by atoms with Gasteiger partial charge in [0.2, 0.25) is 0 Å². The summed E-state index contributed by atoms with van der Waals surface area (Å²) in [6.07, 6.45) is -3.66. The van der Waals surface area contributed by atoms with Crippen molar-refractivity contribution in [3.63, 3.8) is 0 Å². The molecule has 0 saturated carbocycles. The Hall–Kier alpha value is -1.91. The second-order valence-electron chi connectivity index (χ2n) is 3.20. The number of pyridine rings is 1. The number of benzene rings is 1. The highest BCUT2D eigenvalue weighted by atomic mass is 19.4. The maximum absolute atomic E-state index is 12.3. The molecule has 0 aliphatic rings. The van der Waals surface area contributed by atoms with Gasteiger partial charge in [0.05, 0.1) is 5.52 Å². The number of alkyl halides is 3. The van der Waals surface area contributed by atoms with Gasteiger partial charge in [0.1, 0.15) is 0 Å². The zero-order valence-electron chi connectivity index (χ0n) is 7.95. The number of hydrogen-bond acceptors (Lipinski definition) is 2. The number of aromatic nitrogens is 1. The molecule has 0 spiro atoms. The fraction of sp³-hybridized carbons (Fsp3) is 0.0909. The predicted octanol–water partition coefficient (Wildman–Crippen LogP) is 2.98. The summed E-state index contributed by atoms with van der Waals surface area (Å²) in [5.74, 6) is -1.84. The van der Waals surface area contributed by atoms with Crippen LogP contribution < -0.4 is 0 Å². The number of carbonyl (C=O) groups is 1. The van der Waals surface area contributed by atoms with Crippen LogP contribution in [0, 0.1) is 0 Å². The summed E-state index contributed by atoms with van der Waals surface area (Å²) in [6.45, 7) is 0. The number of para-hydroxylation sites is 1. The van der Waals surface area contributed by atoms with Crippen molar-refractivity contribution in [2.75, 3.05) is 0 Å². The van der Waals surface area contributed by atoms with Crippen LogP contribution in [0.25, 0.3) is 10.9 Å². The molecular weight excluding hydrogens is 219 g/mol. The monoisotopic (exact) mass is 225 g/mol. The summed E-state index contributed by atoms with van der Waals surface area (Å²) in [7, 11) is 0. The lowest BCUT2D eigenvalue weighted by atomic mass is 10.1. The average Bonchev–Trinajstić information content (AvgIpc) is 2.26. The van der Waals surface area contributed by atoms with Crippen molar-refractivity contribution in [2.45, 2.75) is 6.18 Å². The van der Waals surface area contributed by atoms with Crippen LogP contribution in [0.2, 0.25) is 0 Å². The molecule has 0 N–H and O–H groups in total. The Bertz CT molecular complexity index is 543. The smallest absolute Gasteiger partial charge is 0.284 e. The Kier molecular flexibility index (Phi) is 2.38. The van der Waals surface area contributed by atoms with Crippen molar-refractivity contribution < 1.29 is 18.0 Å². The number of halogens is 3. The van der Waals surface area contributed by atoms with Crippen LogP contribution >= 0.6 is 0 Å². The number of carbonyl (C=O) groups excluding carboxylic acids is 1. The molecule has 1 aromatic heterocycles. The van der Waals surface area contributed by atoms with E-state index >= 15 is 0 Å². The largest absolute Gasteiger partial charge is 0.454 e. The first-order valence-electron chi connectivity index (χ1n) is 4.45. The van der Waals surface area contributed by atoms with E-state index in [1.165, 1.54) is 12.3 Å². The molecule has 0 bridgehead atoms. The third-order valence-electron chi connectivity index (χ3n) is 2.15. The fourth-order valence-corrected chi connectivity index (χ4v) is 1.45. The van der Waals surface area contributed by atoms with Crippen LogP contribution in [0.15, 0.2) is 36.5 Å². The molecule has 1 heterocycles. The molecule has 0 saturated heterocycles. The van der Waals surface area contributed by atoms with E-state index in [1.807, 2.05) is 0 Å². The lowest BCUT2D eigenvalue weighted by Gasteiger charge is -2.07. The van der Waals surface area contributed by atoms with Gasteiger partial charge in [-0.2, -0.15) is 13.2 Å². The van der Waals surface area contributed by atoms with Crippen molar-refractivity contribution in [1.82, 2.24) is 4.98 Å². The Labute approximate surface area is 88.7 Å². The molecule has 2 nitrogen and oxygen atoms in total. The van der Waals surface area contributed by atoms with Crippen LogP contribution in [0.1, 0.15) is 10.4 Å². The van der Waals surface area contributed by atoms with Crippen LogP contribution in [0.3, 0.4) is 0 Å². The lowest BCUT2D eigenvalue weighted by molar-refractivity contribution is -0.0884. The van der Waals surface area contributed by atoms with Gasteiger partial charge in [-0.1, -0.05) is 18.2 Å². The van der Waals surface area contributed by atoms with Crippen LogP contribution in [-0.2, 0) is 0 Å². The van der Waals surface area contributed by atoms with Crippen molar-refractivity contribution in [1.29, 1.82) is 0 Å². The van der Waals surface area contributed by atoms with Crippen LogP contribution in [0.4, 0.5) is 13.2 Å². The highest BCUT2D eigenvalue weighted by Crippen LogP contribution is 2.25. The molecule has 1 aromatic carbocycles. The molecule has 0 unspecified atom stereocenters. The first-order chi connectivity index (χ1) is 7.50. The third-order valence-corrected chi connectivity index (χ3v) is 2.15. The average molecular weight is 225 g/mol. The second kappa shape index (κ2) is 3.59. The van der Waals surface area contributed by atoms with Crippen molar-refractivity contribution in [2.24, 2.45) is 0 Å². The van der Waals surface area contributed by atoms with Crippen molar-refractivity contribution in [3.8, 4) is 0 Å². The molecule has 16 heavy (non-hydrogen) atoms. The highest BCUT2D eigenvalue weighted by Gasteiger charge is 2.39. The van der Waals surface area contributed by atoms with Gasteiger partial charge in [-0.05, 0) is 12.1 Å². The van der Waals surface area contributed by atoms with Crippen molar-refractivity contribution in [3.05, 3.63) is 42.1 Å². The Morgan fingerprint density at radius 1 is 1.12 bits per heavy atom. The molecule has 2 rings (SSSR count). The number of hydrogen-bond donors (Lipinski definition) is 0. The zero-order valence-corrected chi connectivity index (χ0v) is 7.95. The van der Waals surface area contributed by atoms with E-state index in [0.717, 1.165) is 6.07 Å². The summed E-state index contributed by atoms with van der Waals surface area (Å²) in [5, 5.41) is 0.215.